The van der Waals surface area contributed by atoms with Gasteiger partial charge in [-0.25, -0.2) is 18.3 Å². The van der Waals surface area contributed by atoms with Crippen LogP contribution in [0.5, 0.6) is 0 Å². The van der Waals surface area contributed by atoms with Gasteiger partial charge in [-0.2, -0.15) is 4.98 Å². The van der Waals surface area contributed by atoms with Gasteiger partial charge < -0.3 is 9.84 Å². The summed E-state index contributed by atoms with van der Waals surface area (Å²) in [6.07, 6.45) is 1.54. The monoisotopic (exact) mass is 458 g/mol. The summed E-state index contributed by atoms with van der Waals surface area (Å²) in [5, 5.41) is 10.9. The Balaban J connectivity index is 1.44. The van der Waals surface area contributed by atoms with Crippen LogP contribution in [0.15, 0.2) is 70.1 Å². The highest BCUT2D eigenvalue weighted by molar-refractivity contribution is 5.90. The molecule has 1 N–H and O–H groups in total. The molecule has 0 bridgehead atoms. The maximum absolute atomic E-state index is 13.8. The van der Waals surface area contributed by atoms with E-state index >= 15 is 0 Å². The Hall–Kier alpha value is -4.60. The van der Waals surface area contributed by atoms with Gasteiger partial charge in [-0.3, -0.25) is 4.79 Å². The Morgan fingerprint density at radius 2 is 1.97 bits per heavy atom. The Morgan fingerprint density at radius 3 is 2.76 bits per heavy atom. The number of nitrogens with zero attached hydrogens (tertiary/aromatic N) is 5. The predicted molar refractivity (Wildman–Crippen MR) is 123 cm³/mol. The minimum absolute atomic E-state index is 0.193. The van der Waals surface area contributed by atoms with Gasteiger partial charge in [0, 0.05) is 17.4 Å². The van der Waals surface area contributed by atoms with Gasteiger partial charge in [0.1, 0.15) is 12.4 Å². The normalized spacial score (nSPS) is 11.1. The van der Waals surface area contributed by atoms with E-state index in [9.17, 15) is 14.0 Å². The van der Waals surface area contributed by atoms with E-state index < -0.39 is 17.4 Å². The molecule has 0 aliphatic rings. The van der Waals surface area contributed by atoms with Crippen molar-refractivity contribution < 1.29 is 13.7 Å². The van der Waals surface area contributed by atoms with Crippen LogP contribution in [0.25, 0.3) is 28.5 Å². The third-order valence-electron chi connectivity index (χ3n) is 5.29. The van der Waals surface area contributed by atoms with Crippen molar-refractivity contribution >= 4 is 17.2 Å². The van der Waals surface area contributed by atoms with E-state index in [2.05, 4.69) is 20.6 Å². The first-order valence-corrected chi connectivity index (χ1v) is 10.4. The van der Waals surface area contributed by atoms with E-state index in [0.29, 0.717) is 22.6 Å². The van der Waals surface area contributed by atoms with Crippen LogP contribution in [0.4, 0.5) is 10.1 Å². The minimum Gasteiger partial charge on any atom is -0.333 e. The molecule has 10 heteroatoms. The zero-order valence-electron chi connectivity index (χ0n) is 18.3. The van der Waals surface area contributed by atoms with Crippen molar-refractivity contribution in [2.24, 2.45) is 0 Å². The first kappa shape index (κ1) is 21.3. The van der Waals surface area contributed by atoms with Crippen LogP contribution in [-0.4, -0.2) is 30.2 Å². The van der Waals surface area contributed by atoms with E-state index in [1.807, 2.05) is 31.2 Å². The van der Waals surface area contributed by atoms with Gasteiger partial charge in [-0.05, 0) is 49.7 Å². The highest BCUT2D eigenvalue weighted by Gasteiger charge is 2.19. The van der Waals surface area contributed by atoms with Gasteiger partial charge >= 0.3 is 5.69 Å². The first-order chi connectivity index (χ1) is 16.4. The van der Waals surface area contributed by atoms with Crippen LogP contribution in [0, 0.1) is 19.7 Å². The maximum atomic E-state index is 13.8. The third kappa shape index (κ3) is 3.96. The number of aromatic nitrogens is 5. The molecule has 9 nitrogen and oxygen atoms in total. The van der Waals surface area contributed by atoms with Crippen molar-refractivity contribution in [2.75, 3.05) is 5.32 Å². The lowest BCUT2D eigenvalue weighted by molar-refractivity contribution is -0.117. The summed E-state index contributed by atoms with van der Waals surface area (Å²) in [6, 6.07) is 15.4. The van der Waals surface area contributed by atoms with E-state index in [4.69, 9.17) is 4.52 Å². The van der Waals surface area contributed by atoms with E-state index in [0.717, 1.165) is 15.8 Å². The second kappa shape index (κ2) is 8.39. The molecular weight excluding hydrogens is 439 g/mol. The summed E-state index contributed by atoms with van der Waals surface area (Å²) in [4.78, 5) is 29.7. The lowest BCUT2D eigenvalue weighted by Gasteiger charge is -2.05. The summed E-state index contributed by atoms with van der Waals surface area (Å²) in [5.74, 6) is -0.349. The minimum atomic E-state index is -0.519. The fourth-order valence-corrected chi connectivity index (χ4v) is 3.55. The molecule has 0 radical (unpaired) electrons. The molecule has 0 atom stereocenters. The molecule has 0 saturated heterocycles. The maximum Gasteiger partial charge on any atom is 0.350 e. The van der Waals surface area contributed by atoms with Gasteiger partial charge in [-0.1, -0.05) is 35.0 Å². The molecule has 0 unspecified atom stereocenters. The van der Waals surface area contributed by atoms with Crippen molar-refractivity contribution in [1.29, 1.82) is 0 Å². The van der Waals surface area contributed by atoms with E-state index in [-0.39, 0.29) is 18.1 Å². The van der Waals surface area contributed by atoms with Crippen LogP contribution in [-0.2, 0) is 11.3 Å². The van der Waals surface area contributed by atoms with Crippen LogP contribution in [0.1, 0.15) is 11.1 Å². The molecule has 3 aromatic heterocycles. The number of halogens is 1. The fraction of sp³-hybridized carbons (Fsp3) is 0.125. The largest absolute Gasteiger partial charge is 0.350 e. The van der Waals surface area contributed by atoms with Gasteiger partial charge in [0.05, 0.1) is 5.56 Å². The molecule has 1 amide bonds. The lowest BCUT2D eigenvalue weighted by Crippen LogP contribution is -2.28. The van der Waals surface area contributed by atoms with Crippen LogP contribution in [0.3, 0.4) is 0 Å². The summed E-state index contributed by atoms with van der Waals surface area (Å²) in [6.45, 7) is 3.24. The second-order valence-electron chi connectivity index (χ2n) is 7.86. The second-order valence-corrected chi connectivity index (χ2v) is 7.86. The number of amides is 1. The Bertz CT molecular complexity index is 1600. The molecule has 0 spiro atoms. The topological polar surface area (TPSA) is 107 Å². The molecule has 2 aromatic carbocycles. The molecule has 5 aromatic rings. The van der Waals surface area contributed by atoms with Crippen molar-refractivity contribution in [2.45, 2.75) is 20.4 Å². The average molecular weight is 458 g/mol. The highest BCUT2D eigenvalue weighted by Crippen LogP contribution is 2.25. The number of aryl methyl sites for hydroxylation is 2. The average Bonchev–Trinajstić information content (AvgIpc) is 3.42. The number of fused-ring (bicyclic) bond motifs is 1. The molecule has 34 heavy (non-hydrogen) atoms. The number of pyridine rings is 1. The molecule has 3 heterocycles. The molecule has 0 aliphatic heterocycles. The fourth-order valence-electron chi connectivity index (χ4n) is 3.55. The van der Waals surface area contributed by atoms with Crippen molar-refractivity contribution in [3.05, 3.63) is 88.2 Å². The third-order valence-corrected chi connectivity index (χ3v) is 5.29. The smallest absolute Gasteiger partial charge is 0.333 e. The summed E-state index contributed by atoms with van der Waals surface area (Å²) < 4.78 is 21.5. The molecular formula is C24H19FN6O3. The summed E-state index contributed by atoms with van der Waals surface area (Å²) in [7, 11) is 0. The van der Waals surface area contributed by atoms with Crippen LogP contribution >= 0.6 is 0 Å². The van der Waals surface area contributed by atoms with Gasteiger partial charge in [0.2, 0.25) is 11.7 Å². The quantitative estimate of drug-likeness (QED) is 0.431. The van der Waals surface area contributed by atoms with Gasteiger partial charge in [0.25, 0.3) is 5.89 Å². The number of hydrogen-bond acceptors (Lipinski definition) is 6. The number of carbonyl (C=O) groups is 1. The predicted octanol–water partition coefficient (Wildman–Crippen LogP) is 3.61. The number of rotatable bonds is 5. The summed E-state index contributed by atoms with van der Waals surface area (Å²) >= 11 is 0. The standard InChI is InChI=1S/C24H19FN6O3/c1-14-5-3-6-16(11-14)21-27-23(34-29-21)18-7-4-10-30-22(18)28-31(24(30)33)13-20(32)26-17-9-8-15(2)19(25)12-17/h3-12H,13H2,1-2H3,(H,26,32). The SMILES string of the molecule is Cc1cccc(-c2noc(-c3cccn4c(=O)n(CC(=O)Nc5ccc(C)c(F)c5)nc34)n2)c1. The van der Waals surface area contributed by atoms with Crippen LogP contribution < -0.4 is 11.0 Å². The zero-order valence-corrected chi connectivity index (χ0v) is 18.3. The molecule has 170 valence electrons. The number of anilines is 1. The number of carbonyl (C=O) groups excluding carboxylic acids is 1. The molecule has 5 rings (SSSR count). The number of nitrogens with one attached hydrogen (secondary N) is 1. The Morgan fingerprint density at radius 1 is 1.12 bits per heavy atom. The molecule has 0 saturated carbocycles. The highest BCUT2D eigenvalue weighted by atomic mass is 19.1. The van der Waals surface area contributed by atoms with Crippen molar-refractivity contribution in [3.8, 4) is 22.8 Å². The number of benzene rings is 2. The summed E-state index contributed by atoms with van der Waals surface area (Å²) in [5.41, 5.74) is 2.82. The lowest BCUT2D eigenvalue weighted by atomic mass is 10.1. The van der Waals surface area contributed by atoms with E-state index in [1.54, 1.807) is 31.2 Å². The Kier molecular flexibility index (Phi) is 5.25. The van der Waals surface area contributed by atoms with E-state index in [1.165, 1.54) is 16.7 Å². The van der Waals surface area contributed by atoms with Crippen molar-refractivity contribution in [1.82, 2.24) is 24.3 Å². The van der Waals surface area contributed by atoms with Gasteiger partial charge in [0.15, 0.2) is 5.65 Å². The molecule has 0 aliphatic carbocycles. The molecule has 0 fully saturated rings. The van der Waals surface area contributed by atoms with Crippen molar-refractivity contribution in [3.63, 3.8) is 0 Å². The zero-order chi connectivity index (χ0) is 23.8. The Labute approximate surface area is 192 Å². The first-order valence-electron chi connectivity index (χ1n) is 10.4. The number of hydrogen-bond donors (Lipinski definition) is 1. The van der Waals surface area contributed by atoms with Gasteiger partial charge in [-0.15, -0.1) is 5.10 Å². The van der Waals surface area contributed by atoms with Crippen LogP contribution in [0.2, 0.25) is 0 Å².